The van der Waals surface area contributed by atoms with Crippen LogP contribution in [0.2, 0.25) is 0 Å². The van der Waals surface area contributed by atoms with E-state index in [0.29, 0.717) is 6.42 Å². The van der Waals surface area contributed by atoms with Crippen LogP contribution in [0.15, 0.2) is 0 Å². The van der Waals surface area contributed by atoms with Gasteiger partial charge in [-0.3, -0.25) is 0 Å². The van der Waals surface area contributed by atoms with Gasteiger partial charge in [-0.2, -0.15) is 0 Å². The highest BCUT2D eigenvalue weighted by Gasteiger charge is 2.10. The van der Waals surface area contributed by atoms with Crippen LogP contribution in [-0.4, -0.2) is 24.7 Å². The fourth-order valence-electron chi connectivity index (χ4n) is 0.898. The molecule has 0 rings (SSSR count). The number of carbonyl (C=O) groups is 1. The second kappa shape index (κ2) is 6.91. The lowest BCUT2D eigenvalue weighted by molar-refractivity contribution is -0.100. The molecule has 72 valence electrons. The zero-order valence-corrected chi connectivity index (χ0v) is 7.58. The summed E-state index contributed by atoms with van der Waals surface area (Å²) >= 11 is 0. The van der Waals surface area contributed by atoms with Gasteiger partial charge in [-0.05, 0) is 6.42 Å². The summed E-state index contributed by atoms with van der Waals surface area (Å²) in [6.07, 6.45) is 1.86. The molecule has 0 aromatic heterocycles. The Bertz CT molecular complexity index is 124. The molecule has 0 amide bonds. The second-order valence-electron chi connectivity index (χ2n) is 2.54. The molecular formula is C8H16O4. The molecule has 1 N–H and O–H groups in total. The van der Waals surface area contributed by atoms with E-state index in [4.69, 9.17) is 9.84 Å². The second-order valence-corrected chi connectivity index (χ2v) is 2.54. The van der Waals surface area contributed by atoms with Crippen LogP contribution < -0.4 is 0 Å². The molecule has 0 heterocycles. The van der Waals surface area contributed by atoms with Gasteiger partial charge in [0, 0.05) is 13.5 Å². The van der Waals surface area contributed by atoms with Gasteiger partial charge < -0.3 is 14.6 Å². The van der Waals surface area contributed by atoms with Crippen molar-refractivity contribution in [2.24, 2.45) is 0 Å². The average molecular weight is 176 g/mol. The first-order valence-electron chi connectivity index (χ1n) is 4.13. The molecule has 0 aliphatic heterocycles. The van der Waals surface area contributed by atoms with Crippen LogP contribution in [0.3, 0.4) is 0 Å². The van der Waals surface area contributed by atoms with E-state index >= 15 is 0 Å². The molecule has 0 fully saturated rings. The topological polar surface area (TPSA) is 55.8 Å². The van der Waals surface area contributed by atoms with E-state index in [-0.39, 0.29) is 0 Å². The Morgan fingerprint density at radius 1 is 1.50 bits per heavy atom. The third-order valence-electron chi connectivity index (χ3n) is 1.54. The van der Waals surface area contributed by atoms with Gasteiger partial charge in [0.15, 0.2) is 0 Å². The van der Waals surface area contributed by atoms with E-state index in [2.05, 4.69) is 11.7 Å². The van der Waals surface area contributed by atoms with Crippen LogP contribution in [0.5, 0.6) is 0 Å². The number of hydrogen-bond acceptors (Lipinski definition) is 3. The quantitative estimate of drug-likeness (QED) is 0.383. The molecule has 0 aliphatic carbocycles. The van der Waals surface area contributed by atoms with Gasteiger partial charge in [0.05, 0.1) is 0 Å². The summed E-state index contributed by atoms with van der Waals surface area (Å²) in [6.45, 7) is 2.08. The number of unbranched alkanes of at least 4 members (excludes halogenated alkanes) is 2. The van der Waals surface area contributed by atoms with Crippen molar-refractivity contribution in [1.29, 1.82) is 0 Å². The van der Waals surface area contributed by atoms with E-state index < -0.39 is 12.4 Å². The Morgan fingerprint density at radius 3 is 2.58 bits per heavy atom. The highest BCUT2D eigenvalue weighted by atomic mass is 16.7. The van der Waals surface area contributed by atoms with Gasteiger partial charge in [0.1, 0.15) is 0 Å². The molecule has 0 bridgehead atoms. The zero-order valence-electron chi connectivity index (χ0n) is 7.58. The third-order valence-corrected chi connectivity index (χ3v) is 1.54. The predicted molar refractivity (Wildman–Crippen MR) is 44.0 cm³/mol. The summed E-state index contributed by atoms with van der Waals surface area (Å²) in [5.41, 5.74) is 0. The lowest BCUT2D eigenvalue weighted by Crippen LogP contribution is -2.18. The average Bonchev–Trinajstić information content (AvgIpc) is 2.02. The summed E-state index contributed by atoms with van der Waals surface area (Å²) in [5.74, 6) is 0. The maximum Gasteiger partial charge on any atom is 0.508 e. The van der Waals surface area contributed by atoms with Crippen LogP contribution >= 0.6 is 0 Å². The van der Waals surface area contributed by atoms with Crippen molar-refractivity contribution in [2.75, 3.05) is 7.11 Å². The molecule has 1 unspecified atom stereocenters. The molecule has 4 heteroatoms. The van der Waals surface area contributed by atoms with Gasteiger partial charge in [-0.1, -0.05) is 19.8 Å². The van der Waals surface area contributed by atoms with Crippen molar-refractivity contribution in [3.8, 4) is 0 Å². The molecule has 0 saturated heterocycles. The van der Waals surface area contributed by atoms with Gasteiger partial charge in [0.2, 0.25) is 6.29 Å². The van der Waals surface area contributed by atoms with E-state index in [1.54, 1.807) is 0 Å². The molecular weight excluding hydrogens is 160 g/mol. The largest absolute Gasteiger partial charge is 0.508 e. The first-order chi connectivity index (χ1) is 5.70. The fraction of sp³-hybridized carbons (Fsp3) is 0.875. The van der Waals surface area contributed by atoms with Gasteiger partial charge in [-0.25, -0.2) is 4.79 Å². The Kier molecular flexibility index (Phi) is 6.47. The molecule has 0 saturated carbocycles. The number of hydrogen-bond donors (Lipinski definition) is 1. The maximum absolute atomic E-state index is 10.1. The molecule has 0 aromatic carbocycles. The summed E-state index contributed by atoms with van der Waals surface area (Å²) in [7, 11) is 1.44. The summed E-state index contributed by atoms with van der Waals surface area (Å²) in [5, 5.41) is 8.27. The maximum atomic E-state index is 10.1. The first-order valence-corrected chi connectivity index (χ1v) is 4.13. The molecule has 0 aliphatic rings. The number of rotatable bonds is 6. The van der Waals surface area contributed by atoms with Gasteiger partial charge >= 0.3 is 6.16 Å². The molecule has 0 spiro atoms. The van der Waals surface area contributed by atoms with Crippen molar-refractivity contribution < 1.29 is 19.4 Å². The highest BCUT2D eigenvalue weighted by molar-refractivity contribution is 5.56. The Labute approximate surface area is 72.5 Å². The third kappa shape index (κ3) is 5.97. The van der Waals surface area contributed by atoms with Crippen LogP contribution in [0.4, 0.5) is 4.79 Å². The SMILES string of the molecule is CCCCCC(OC)OC(=O)O. The Balaban J connectivity index is 3.46. The van der Waals surface area contributed by atoms with Crippen LogP contribution in [-0.2, 0) is 9.47 Å². The highest BCUT2D eigenvalue weighted by Crippen LogP contribution is 2.07. The van der Waals surface area contributed by atoms with Crippen molar-refractivity contribution in [3.05, 3.63) is 0 Å². The van der Waals surface area contributed by atoms with Crippen molar-refractivity contribution in [2.45, 2.75) is 38.9 Å². The lowest BCUT2D eigenvalue weighted by Gasteiger charge is -2.12. The zero-order chi connectivity index (χ0) is 9.40. The van der Waals surface area contributed by atoms with Gasteiger partial charge in [0.25, 0.3) is 0 Å². The standard InChI is InChI=1S/C8H16O4/c1-3-4-5-6-7(11-2)12-8(9)10/h7H,3-6H2,1-2H3,(H,9,10). The summed E-state index contributed by atoms with van der Waals surface area (Å²) in [4.78, 5) is 10.1. The monoisotopic (exact) mass is 176 g/mol. The van der Waals surface area contributed by atoms with Crippen LogP contribution in [0.25, 0.3) is 0 Å². The normalized spacial score (nSPS) is 12.5. The van der Waals surface area contributed by atoms with E-state index in [9.17, 15) is 4.79 Å². The molecule has 0 radical (unpaired) electrons. The number of carboxylic acid groups (broad SMARTS) is 1. The number of ether oxygens (including phenoxy) is 2. The van der Waals surface area contributed by atoms with Crippen LogP contribution in [0.1, 0.15) is 32.6 Å². The first kappa shape index (κ1) is 11.2. The molecule has 12 heavy (non-hydrogen) atoms. The van der Waals surface area contributed by atoms with E-state index in [0.717, 1.165) is 19.3 Å². The summed E-state index contributed by atoms with van der Waals surface area (Å²) in [6, 6.07) is 0. The molecule has 1 atom stereocenters. The minimum atomic E-state index is -1.28. The van der Waals surface area contributed by atoms with Gasteiger partial charge in [-0.15, -0.1) is 0 Å². The van der Waals surface area contributed by atoms with Crippen LogP contribution in [0, 0.1) is 0 Å². The van der Waals surface area contributed by atoms with Crippen molar-refractivity contribution in [3.63, 3.8) is 0 Å². The summed E-state index contributed by atoms with van der Waals surface area (Å²) < 4.78 is 9.25. The van der Waals surface area contributed by atoms with Crippen molar-refractivity contribution in [1.82, 2.24) is 0 Å². The van der Waals surface area contributed by atoms with E-state index in [1.807, 2.05) is 0 Å². The minimum absolute atomic E-state index is 0.603. The Hall–Kier alpha value is -0.770. The lowest BCUT2D eigenvalue weighted by atomic mass is 10.2. The van der Waals surface area contributed by atoms with Crippen molar-refractivity contribution >= 4 is 6.16 Å². The number of methoxy groups -OCH3 is 1. The fourth-order valence-corrected chi connectivity index (χ4v) is 0.898. The molecule has 0 aromatic rings. The molecule has 4 nitrogen and oxygen atoms in total. The smallest absolute Gasteiger partial charge is 0.450 e. The minimum Gasteiger partial charge on any atom is -0.450 e. The van der Waals surface area contributed by atoms with E-state index in [1.165, 1.54) is 7.11 Å². The Morgan fingerprint density at radius 2 is 2.17 bits per heavy atom. The predicted octanol–water partition coefficient (Wildman–Crippen LogP) is 2.23.